The van der Waals surface area contributed by atoms with Crippen LogP contribution in [0.25, 0.3) is 22.3 Å². The number of nitrogens with one attached hydrogen (secondary N) is 2. The van der Waals surface area contributed by atoms with E-state index in [2.05, 4.69) is 10.6 Å². The number of furan rings is 1. The number of Topliss-reactive ketones (excluding diaryl/α,β-unsaturated/α-hetero) is 1. The first kappa shape index (κ1) is 27.6. The maximum Gasteiger partial charge on any atom is 0.255 e. The van der Waals surface area contributed by atoms with Gasteiger partial charge in [0.2, 0.25) is 0 Å². The van der Waals surface area contributed by atoms with Gasteiger partial charge < -0.3 is 24.5 Å². The minimum absolute atomic E-state index is 0.0361. The van der Waals surface area contributed by atoms with E-state index in [9.17, 15) is 14.0 Å². The Morgan fingerprint density at radius 2 is 1.77 bits per heavy atom. The molecule has 2 N–H and O–H groups in total. The average Bonchev–Trinajstić information content (AvgIpc) is 3.74. The summed E-state index contributed by atoms with van der Waals surface area (Å²) < 4.78 is 31.1. The SMILES string of the molecule is CNC(=O)c1c(-c2ccc(F)cc2)oc2cc(NCCOCCOCc3cccc(C(C)=O)c3)c(C3CC3)cc12. The van der Waals surface area contributed by atoms with E-state index in [1.54, 1.807) is 32.2 Å². The molecular weight excluding hydrogens is 511 g/mol. The van der Waals surface area contributed by atoms with Gasteiger partial charge in [-0.2, -0.15) is 0 Å². The molecule has 1 aliphatic carbocycles. The highest BCUT2D eigenvalue weighted by molar-refractivity contribution is 6.11. The van der Waals surface area contributed by atoms with Gasteiger partial charge in [0.1, 0.15) is 17.2 Å². The molecule has 0 bridgehead atoms. The first-order chi connectivity index (χ1) is 19.4. The molecule has 208 valence electrons. The lowest BCUT2D eigenvalue weighted by Gasteiger charge is -2.13. The highest BCUT2D eigenvalue weighted by Crippen LogP contribution is 2.46. The molecule has 3 aromatic carbocycles. The summed E-state index contributed by atoms with van der Waals surface area (Å²) in [6, 6.07) is 17.4. The van der Waals surface area contributed by atoms with Crippen molar-refractivity contribution in [1.82, 2.24) is 5.32 Å². The lowest BCUT2D eigenvalue weighted by molar-refractivity contribution is 0.0441. The summed E-state index contributed by atoms with van der Waals surface area (Å²) in [6.07, 6.45) is 2.20. The summed E-state index contributed by atoms with van der Waals surface area (Å²) in [5.41, 5.74) is 5.43. The van der Waals surface area contributed by atoms with Gasteiger partial charge in [-0.1, -0.05) is 18.2 Å². The standard InChI is InChI=1S/C32H33FN2O5/c1-20(36)24-5-3-4-21(16-24)19-39-15-14-38-13-12-35-28-18-29-27(17-26(28)22-6-7-22)30(32(37)34-2)31(40-29)23-8-10-25(33)11-9-23/h3-5,8-11,16-18,22,35H,6-7,12-15,19H2,1-2H3,(H,34,37). The molecule has 7 nitrogen and oxygen atoms in total. The number of carbonyl (C=O) groups is 2. The number of fused-ring (bicyclic) bond motifs is 1. The van der Waals surface area contributed by atoms with Crippen LogP contribution < -0.4 is 10.6 Å². The maximum atomic E-state index is 13.5. The van der Waals surface area contributed by atoms with Crippen LogP contribution >= 0.6 is 0 Å². The van der Waals surface area contributed by atoms with Gasteiger partial charge in [-0.3, -0.25) is 9.59 Å². The molecule has 0 saturated heterocycles. The second-order valence-electron chi connectivity index (χ2n) is 9.95. The minimum Gasteiger partial charge on any atom is -0.455 e. The van der Waals surface area contributed by atoms with Crippen LogP contribution in [0.5, 0.6) is 0 Å². The molecular formula is C32H33FN2O5. The van der Waals surface area contributed by atoms with Gasteiger partial charge in [0.15, 0.2) is 5.78 Å². The fourth-order valence-electron chi connectivity index (χ4n) is 4.75. The first-order valence-corrected chi connectivity index (χ1v) is 13.5. The van der Waals surface area contributed by atoms with Gasteiger partial charge >= 0.3 is 0 Å². The predicted octanol–water partition coefficient (Wildman–Crippen LogP) is 6.32. The third-order valence-corrected chi connectivity index (χ3v) is 6.97. The zero-order valence-electron chi connectivity index (χ0n) is 22.7. The molecule has 0 radical (unpaired) electrons. The summed E-state index contributed by atoms with van der Waals surface area (Å²) in [5, 5.41) is 6.93. The second-order valence-corrected chi connectivity index (χ2v) is 9.95. The van der Waals surface area contributed by atoms with Crippen molar-refractivity contribution in [2.75, 3.05) is 38.7 Å². The van der Waals surface area contributed by atoms with Gasteiger partial charge in [-0.25, -0.2) is 4.39 Å². The van der Waals surface area contributed by atoms with Crippen molar-refractivity contribution in [3.05, 3.63) is 88.7 Å². The molecule has 1 aliphatic rings. The third-order valence-electron chi connectivity index (χ3n) is 6.97. The topological polar surface area (TPSA) is 89.8 Å². The fraction of sp³-hybridized carbons (Fsp3) is 0.312. The van der Waals surface area contributed by atoms with E-state index in [0.717, 1.165) is 35.0 Å². The Bertz CT molecular complexity index is 1510. The minimum atomic E-state index is -0.350. The van der Waals surface area contributed by atoms with Crippen molar-refractivity contribution < 1.29 is 27.9 Å². The normalized spacial score (nSPS) is 13.0. The molecule has 1 amide bonds. The summed E-state index contributed by atoms with van der Waals surface area (Å²) >= 11 is 0. The summed E-state index contributed by atoms with van der Waals surface area (Å²) in [4.78, 5) is 24.4. The van der Waals surface area contributed by atoms with E-state index in [-0.39, 0.29) is 17.5 Å². The molecule has 8 heteroatoms. The largest absolute Gasteiger partial charge is 0.455 e. The van der Waals surface area contributed by atoms with E-state index in [1.165, 1.54) is 12.1 Å². The van der Waals surface area contributed by atoms with Crippen molar-refractivity contribution >= 4 is 28.3 Å². The number of carbonyl (C=O) groups excluding carboxylic acids is 2. The van der Waals surface area contributed by atoms with Crippen LogP contribution in [-0.2, 0) is 16.1 Å². The number of rotatable bonds is 13. The quantitative estimate of drug-likeness (QED) is 0.151. The molecule has 4 aromatic rings. The van der Waals surface area contributed by atoms with E-state index in [4.69, 9.17) is 13.9 Å². The van der Waals surface area contributed by atoms with E-state index >= 15 is 0 Å². The third kappa shape index (κ3) is 6.41. The summed E-state index contributed by atoms with van der Waals surface area (Å²) in [6.45, 7) is 3.97. The molecule has 0 aliphatic heterocycles. The number of hydrogen-bond donors (Lipinski definition) is 2. The van der Waals surface area contributed by atoms with Crippen molar-refractivity contribution in [3.63, 3.8) is 0 Å². The smallest absolute Gasteiger partial charge is 0.255 e. The van der Waals surface area contributed by atoms with Gasteiger partial charge in [-0.15, -0.1) is 0 Å². The van der Waals surface area contributed by atoms with Crippen LogP contribution in [0.1, 0.15) is 57.5 Å². The number of amides is 1. The molecule has 0 atom stereocenters. The molecule has 0 spiro atoms. The van der Waals surface area contributed by atoms with Crippen molar-refractivity contribution in [2.24, 2.45) is 0 Å². The number of halogens is 1. The van der Waals surface area contributed by atoms with Crippen LogP contribution in [-0.4, -0.2) is 45.1 Å². The summed E-state index contributed by atoms with van der Waals surface area (Å²) in [7, 11) is 1.59. The van der Waals surface area contributed by atoms with E-state index in [1.807, 2.05) is 30.3 Å². The number of ether oxygens (including phenoxy) is 2. The van der Waals surface area contributed by atoms with Crippen LogP contribution in [0.15, 0.2) is 65.1 Å². The Labute approximate surface area is 232 Å². The number of hydrogen-bond acceptors (Lipinski definition) is 6. The zero-order valence-corrected chi connectivity index (χ0v) is 22.7. The Hall–Kier alpha value is -4.01. The van der Waals surface area contributed by atoms with Crippen molar-refractivity contribution in [3.8, 4) is 11.3 Å². The molecule has 40 heavy (non-hydrogen) atoms. The van der Waals surface area contributed by atoms with Crippen LogP contribution in [0.3, 0.4) is 0 Å². The molecule has 1 aromatic heterocycles. The monoisotopic (exact) mass is 544 g/mol. The number of anilines is 1. The Morgan fingerprint density at radius 3 is 2.50 bits per heavy atom. The van der Waals surface area contributed by atoms with Gasteiger partial charge in [0.05, 0.1) is 32.0 Å². The Morgan fingerprint density at radius 1 is 1.00 bits per heavy atom. The average molecular weight is 545 g/mol. The second kappa shape index (κ2) is 12.4. The van der Waals surface area contributed by atoms with E-state index in [0.29, 0.717) is 66.9 Å². The Balaban J connectivity index is 1.21. The fourth-order valence-corrected chi connectivity index (χ4v) is 4.75. The molecule has 1 fully saturated rings. The van der Waals surface area contributed by atoms with Gasteiger partial charge in [-0.05, 0) is 73.2 Å². The molecule has 1 saturated carbocycles. The lowest BCUT2D eigenvalue weighted by Crippen LogP contribution is -2.18. The van der Waals surface area contributed by atoms with Crippen LogP contribution in [0.2, 0.25) is 0 Å². The number of ketones is 1. The lowest BCUT2D eigenvalue weighted by atomic mass is 10.0. The predicted molar refractivity (Wildman–Crippen MR) is 152 cm³/mol. The highest BCUT2D eigenvalue weighted by atomic mass is 19.1. The van der Waals surface area contributed by atoms with Crippen LogP contribution in [0, 0.1) is 5.82 Å². The molecule has 1 heterocycles. The highest BCUT2D eigenvalue weighted by Gasteiger charge is 2.29. The summed E-state index contributed by atoms with van der Waals surface area (Å²) in [5.74, 6) is 0.294. The first-order valence-electron chi connectivity index (χ1n) is 13.5. The van der Waals surface area contributed by atoms with Crippen molar-refractivity contribution in [2.45, 2.75) is 32.3 Å². The van der Waals surface area contributed by atoms with Gasteiger partial charge in [0.25, 0.3) is 5.91 Å². The van der Waals surface area contributed by atoms with E-state index < -0.39 is 0 Å². The zero-order chi connectivity index (χ0) is 28.1. The van der Waals surface area contributed by atoms with Crippen molar-refractivity contribution in [1.29, 1.82) is 0 Å². The Kier molecular flexibility index (Phi) is 8.57. The van der Waals surface area contributed by atoms with Gasteiger partial charge in [0, 0.05) is 41.9 Å². The molecule has 0 unspecified atom stereocenters. The molecule has 5 rings (SSSR count). The van der Waals surface area contributed by atoms with Crippen LogP contribution in [0.4, 0.5) is 10.1 Å². The number of benzene rings is 3. The maximum absolute atomic E-state index is 13.5.